The van der Waals surface area contributed by atoms with Crippen LogP contribution in [0.2, 0.25) is 0 Å². The first-order chi connectivity index (χ1) is 9.15. The highest BCUT2D eigenvalue weighted by Crippen LogP contribution is 2.18. The van der Waals surface area contributed by atoms with Crippen molar-refractivity contribution in [3.8, 4) is 5.75 Å². The predicted octanol–water partition coefficient (Wildman–Crippen LogP) is 4.30. The molecule has 0 spiro atoms. The molecule has 0 saturated heterocycles. The third-order valence-corrected chi connectivity index (χ3v) is 3.13. The van der Waals surface area contributed by atoms with E-state index in [4.69, 9.17) is 4.74 Å². The zero-order valence-corrected chi connectivity index (χ0v) is 12.1. The molecular weight excluding hydrogens is 306 g/mol. The van der Waals surface area contributed by atoms with E-state index in [-0.39, 0.29) is 6.04 Å². The Morgan fingerprint density at radius 1 is 1.16 bits per heavy atom. The summed E-state index contributed by atoms with van der Waals surface area (Å²) in [6, 6.07) is 16.7. The van der Waals surface area contributed by atoms with E-state index >= 15 is 0 Å². The zero-order valence-electron chi connectivity index (χ0n) is 10.5. The van der Waals surface area contributed by atoms with Crippen molar-refractivity contribution >= 4 is 22.0 Å². The maximum atomic E-state index is 11.7. The van der Waals surface area contributed by atoms with Crippen LogP contribution in [0.15, 0.2) is 59.1 Å². The van der Waals surface area contributed by atoms with Crippen LogP contribution in [0.3, 0.4) is 0 Å². The topological polar surface area (TPSA) is 38.3 Å². The van der Waals surface area contributed by atoms with Gasteiger partial charge in [-0.3, -0.25) is 0 Å². The second-order valence-corrected chi connectivity index (χ2v) is 5.04. The largest absolute Gasteiger partial charge is 0.413 e. The molecule has 0 bridgehead atoms. The van der Waals surface area contributed by atoms with Gasteiger partial charge in [-0.15, -0.1) is 0 Å². The average molecular weight is 320 g/mol. The third kappa shape index (κ3) is 4.10. The van der Waals surface area contributed by atoms with Gasteiger partial charge in [0.15, 0.2) is 0 Å². The van der Waals surface area contributed by atoms with E-state index in [9.17, 15) is 4.79 Å². The molecule has 1 N–H and O–H groups in total. The molecule has 0 heterocycles. The minimum absolute atomic E-state index is 0.117. The summed E-state index contributed by atoms with van der Waals surface area (Å²) in [6.07, 6.45) is -0.460. The van der Waals surface area contributed by atoms with Crippen LogP contribution >= 0.6 is 15.9 Å². The second-order valence-electron chi connectivity index (χ2n) is 4.12. The van der Waals surface area contributed by atoms with Gasteiger partial charge in [-0.25, -0.2) is 4.79 Å². The fourth-order valence-corrected chi connectivity index (χ4v) is 2.08. The van der Waals surface area contributed by atoms with Crippen molar-refractivity contribution in [3.63, 3.8) is 0 Å². The van der Waals surface area contributed by atoms with E-state index in [1.807, 2.05) is 49.4 Å². The van der Waals surface area contributed by atoms with E-state index in [1.165, 1.54) is 0 Å². The molecule has 98 valence electrons. The lowest BCUT2D eigenvalue weighted by Crippen LogP contribution is -2.29. The van der Waals surface area contributed by atoms with Crippen LogP contribution in [0.1, 0.15) is 18.5 Å². The summed E-state index contributed by atoms with van der Waals surface area (Å²) in [6.45, 7) is 1.91. The molecule has 2 rings (SSSR count). The number of ether oxygens (including phenoxy) is 1. The lowest BCUT2D eigenvalue weighted by Gasteiger charge is -2.14. The standard InChI is InChI=1S/C15H14BrNO2/c1-11(12-6-5-7-13(16)10-12)17-15(18)19-14-8-3-2-4-9-14/h2-11H,1H3,(H,17,18)/t11-/m1/s1. The number of carbonyl (C=O) groups is 1. The molecule has 3 nitrogen and oxygen atoms in total. The molecule has 0 aliphatic rings. The number of hydrogen-bond acceptors (Lipinski definition) is 2. The quantitative estimate of drug-likeness (QED) is 0.916. The van der Waals surface area contributed by atoms with Crippen molar-refractivity contribution in [2.45, 2.75) is 13.0 Å². The lowest BCUT2D eigenvalue weighted by atomic mass is 10.1. The summed E-state index contributed by atoms with van der Waals surface area (Å²) in [5, 5.41) is 2.79. The van der Waals surface area contributed by atoms with Crippen LogP contribution < -0.4 is 10.1 Å². The van der Waals surface area contributed by atoms with Crippen LogP contribution in [0.4, 0.5) is 4.79 Å². The predicted molar refractivity (Wildman–Crippen MR) is 78.2 cm³/mol. The first-order valence-electron chi connectivity index (χ1n) is 5.94. The molecule has 2 aromatic rings. The van der Waals surface area contributed by atoms with Crippen molar-refractivity contribution in [1.29, 1.82) is 0 Å². The fourth-order valence-electron chi connectivity index (χ4n) is 1.66. The molecule has 4 heteroatoms. The van der Waals surface area contributed by atoms with Crippen molar-refractivity contribution in [1.82, 2.24) is 5.32 Å². The number of para-hydroxylation sites is 1. The summed E-state index contributed by atoms with van der Waals surface area (Å²) in [4.78, 5) is 11.7. The number of hydrogen-bond donors (Lipinski definition) is 1. The minimum atomic E-state index is -0.460. The molecule has 0 aromatic heterocycles. The molecule has 1 atom stereocenters. The Morgan fingerprint density at radius 3 is 2.58 bits per heavy atom. The summed E-state index contributed by atoms with van der Waals surface area (Å²) in [5.74, 6) is 0.529. The van der Waals surface area contributed by atoms with Crippen molar-refractivity contribution in [2.24, 2.45) is 0 Å². The summed E-state index contributed by atoms with van der Waals surface area (Å²) < 4.78 is 6.16. The highest BCUT2D eigenvalue weighted by Gasteiger charge is 2.11. The van der Waals surface area contributed by atoms with Crippen molar-refractivity contribution < 1.29 is 9.53 Å². The minimum Gasteiger partial charge on any atom is -0.410 e. The van der Waals surface area contributed by atoms with Crippen LogP contribution in [0, 0.1) is 0 Å². The Labute approximate surface area is 120 Å². The summed E-state index contributed by atoms with van der Waals surface area (Å²) in [7, 11) is 0. The van der Waals surface area contributed by atoms with Gasteiger partial charge >= 0.3 is 6.09 Å². The van der Waals surface area contributed by atoms with Gasteiger partial charge in [0.2, 0.25) is 0 Å². The van der Waals surface area contributed by atoms with Crippen LogP contribution in [-0.4, -0.2) is 6.09 Å². The Morgan fingerprint density at radius 2 is 1.89 bits per heavy atom. The maximum Gasteiger partial charge on any atom is 0.413 e. The first-order valence-corrected chi connectivity index (χ1v) is 6.73. The van der Waals surface area contributed by atoms with Gasteiger partial charge in [0, 0.05) is 4.47 Å². The molecule has 1 amide bonds. The van der Waals surface area contributed by atoms with E-state index in [2.05, 4.69) is 21.2 Å². The number of rotatable bonds is 3. The molecule has 0 saturated carbocycles. The van der Waals surface area contributed by atoms with Gasteiger partial charge in [-0.2, -0.15) is 0 Å². The van der Waals surface area contributed by atoms with E-state index in [0.717, 1.165) is 10.0 Å². The van der Waals surface area contributed by atoms with E-state index in [1.54, 1.807) is 12.1 Å². The summed E-state index contributed by atoms with van der Waals surface area (Å²) in [5.41, 5.74) is 1.01. The molecule has 2 aromatic carbocycles. The molecular formula is C15H14BrNO2. The monoisotopic (exact) mass is 319 g/mol. The third-order valence-electron chi connectivity index (χ3n) is 2.64. The normalized spacial score (nSPS) is 11.7. The van der Waals surface area contributed by atoms with Gasteiger partial charge in [0.05, 0.1) is 6.04 Å². The average Bonchev–Trinajstić information content (AvgIpc) is 2.39. The van der Waals surface area contributed by atoms with Gasteiger partial charge in [-0.05, 0) is 36.8 Å². The van der Waals surface area contributed by atoms with Crippen molar-refractivity contribution in [3.05, 3.63) is 64.6 Å². The number of halogens is 1. The smallest absolute Gasteiger partial charge is 0.410 e. The molecule has 0 unspecified atom stereocenters. The van der Waals surface area contributed by atoms with Crippen LogP contribution in [0.25, 0.3) is 0 Å². The maximum absolute atomic E-state index is 11.7. The Balaban J connectivity index is 1.95. The van der Waals surface area contributed by atoms with E-state index in [0.29, 0.717) is 5.75 Å². The van der Waals surface area contributed by atoms with Gasteiger partial charge < -0.3 is 10.1 Å². The SMILES string of the molecule is C[C@@H](NC(=O)Oc1ccccc1)c1cccc(Br)c1. The number of nitrogens with one attached hydrogen (secondary N) is 1. The van der Waals surface area contributed by atoms with Crippen LogP contribution in [0.5, 0.6) is 5.75 Å². The Kier molecular flexibility index (Phi) is 4.58. The molecule has 0 radical (unpaired) electrons. The number of carbonyl (C=O) groups excluding carboxylic acids is 1. The second kappa shape index (κ2) is 6.38. The lowest BCUT2D eigenvalue weighted by molar-refractivity contribution is 0.197. The highest BCUT2D eigenvalue weighted by atomic mass is 79.9. The zero-order chi connectivity index (χ0) is 13.7. The molecule has 0 aliphatic carbocycles. The van der Waals surface area contributed by atoms with Gasteiger partial charge in [0.25, 0.3) is 0 Å². The highest BCUT2D eigenvalue weighted by molar-refractivity contribution is 9.10. The van der Waals surface area contributed by atoms with Crippen LogP contribution in [-0.2, 0) is 0 Å². The Bertz CT molecular complexity index is 557. The Hall–Kier alpha value is -1.81. The number of amides is 1. The van der Waals surface area contributed by atoms with Crippen molar-refractivity contribution in [2.75, 3.05) is 0 Å². The summed E-state index contributed by atoms with van der Waals surface area (Å²) >= 11 is 3.41. The molecule has 0 fully saturated rings. The molecule has 0 aliphatic heterocycles. The van der Waals surface area contributed by atoms with Gasteiger partial charge in [0.1, 0.15) is 5.75 Å². The number of benzene rings is 2. The van der Waals surface area contributed by atoms with E-state index < -0.39 is 6.09 Å². The molecule has 19 heavy (non-hydrogen) atoms. The first kappa shape index (κ1) is 13.6. The fraction of sp³-hybridized carbons (Fsp3) is 0.133. The van der Waals surface area contributed by atoms with Gasteiger partial charge in [-0.1, -0.05) is 46.3 Å².